The predicted molar refractivity (Wildman–Crippen MR) is 66.0 cm³/mol. The van der Waals surface area contributed by atoms with Crippen LogP contribution in [-0.4, -0.2) is 20.4 Å². The Morgan fingerprint density at radius 1 is 0.375 bits per heavy atom. The molecule has 0 saturated carbocycles. The molecule has 0 aromatic carbocycles. The van der Waals surface area contributed by atoms with E-state index in [4.69, 9.17) is 0 Å². The second-order valence-corrected chi connectivity index (χ2v) is 2.65. The fraction of sp³-hybridized carbons (Fsp3) is 0. The quantitative estimate of drug-likeness (QED) is 0.518. The molecule has 3 rings (SSSR count). The molecule has 0 aliphatic rings. The molecule has 0 saturated heterocycles. The summed E-state index contributed by atoms with van der Waals surface area (Å²) in [7, 11) is 0. The summed E-state index contributed by atoms with van der Waals surface area (Å²) in [6.45, 7) is 0. The highest BCUT2D eigenvalue weighted by molar-refractivity contribution is 4.85. The van der Waals surface area contributed by atoms with Gasteiger partial charge in [0.25, 0.3) is 0 Å². The Balaban J connectivity index is 0.000000205. The van der Waals surface area contributed by atoms with Crippen molar-refractivity contribution < 1.29 is 5.48 Å². The minimum absolute atomic E-state index is 0. The van der Waals surface area contributed by atoms with E-state index in [2.05, 4.69) is 15.0 Å². The third-order valence-electron chi connectivity index (χ3n) is 1.49. The minimum Gasteiger partial charge on any atom is -0.412 e. The average molecular weight is 219 g/mol. The largest absolute Gasteiger partial charge is 0.412 e. The minimum atomic E-state index is 0. The van der Waals surface area contributed by atoms with Crippen molar-refractivity contribution in [2.24, 2.45) is 0 Å². The topological polar surface area (TPSA) is 78.9 Å². The number of rotatable bonds is 0. The lowest BCUT2D eigenvalue weighted by Crippen LogP contribution is -1.38. The van der Waals surface area contributed by atoms with Gasteiger partial charge >= 0.3 is 0 Å². The van der Waals surface area contributed by atoms with E-state index < -0.39 is 0 Å². The lowest BCUT2D eigenvalue weighted by molar-refractivity contribution is 0.824. The van der Waals surface area contributed by atoms with E-state index in [1.165, 1.54) is 0 Å². The van der Waals surface area contributed by atoms with E-state index in [0.29, 0.717) is 0 Å². The van der Waals surface area contributed by atoms with E-state index in [0.717, 1.165) is 0 Å². The lowest BCUT2D eigenvalue weighted by atomic mass is 10.7. The predicted octanol–water partition coefficient (Wildman–Crippen LogP) is 2.22. The molecule has 16 heavy (non-hydrogen) atoms. The molecule has 0 aliphatic heterocycles. The highest BCUT2D eigenvalue weighted by Gasteiger charge is 1.56. The van der Waals surface area contributed by atoms with E-state index in [-0.39, 0.29) is 5.48 Å². The van der Waals surface area contributed by atoms with Gasteiger partial charge in [-0.05, 0) is 36.4 Å². The van der Waals surface area contributed by atoms with Gasteiger partial charge in [-0.25, -0.2) is 0 Å². The molecule has 0 radical (unpaired) electrons. The van der Waals surface area contributed by atoms with E-state index >= 15 is 0 Å². The van der Waals surface area contributed by atoms with Crippen molar-refractivity contribution in [2.45, 2.75) is 0 Å². The second-order valence-electron chi connectivity index (χ2n) is 2.65. The van der Waals surface area contributed by atoms with Gasteiger partial charge in [0.1, 0.15) is 0 Å². The Morgan fingerprint density at radius 2 is 0.562 bits per heavy atom. The molecule has 0 spiro atoms. The van der Waals surface area contributed by atoms with Crippen molar-refractivity contribution in [1.82, 2.24) is 15.0 Å². The van der Waals surface area contributed by atoms with Crippen LogP contribution in [0.25, 0.3) is 0 Å². The fourth-order valence-electron chi connectivity index (χ4n) is 0.833. The highest BCUT2D eigenvalue weighted by atomic mass is 16.0. The first-order valence-electron chi connectivity index (χ1n) is 4.73. The summed E-state index contributed by atoms with van der Waals surface area (Å²) in [5, 5.41) is 0. The van der Waals surface area contributed by atoms with Crippen molar-refractivity contribution in [3.8, 4) is 0 Å². The molecule has 3 aromatic heterocycles. The van der Waals surface area contributed by atoms with E-state index in [1.807, 2.05) is 73.6 Å². The second kappa shape index (κ2) is 10.9. The molecule has 0 amide bonds. The molecular weight excluding hydrogens is 202 g/mol. The molecule has 0 aliphatic carbocycles. The molecule has 86 valence electrons. The third kappa shape index (κ3) is 8.40. The molecule has 3 heterocycles. The summed E-state index contributed by atoms with van der Waals surface area (Å²) in [5.41, 5.74) is 0. The standard InChI is InChI=1S/3C4H5N.H2O/c3*1-2-4-5-3-1;/h3*1-5H;1H2. The van der Waals surface area contributed by atoms with Gasteiger partial charge < -0.3 is 20.4 Å². The number of hydrogen-bond acceptors (Lipinski definition) is 0. The van der Waals surface area contributed by atoms with Crippen LogP contribution in [-0.2, 0) is 0 Å². The molecular formula is C12H17N3O. The summed E-state index contributed by atoms with van der Waals surface area (Å²) in [6.07, 6.45) is 11.2. The Kier molecular flexibility index (Phi) is 9.38. The first kappa shape index (κ1) is 13.8. The number of nitrogens with one attached hydrogen (secondary N) is 3. The monoisotopic (exact) mass is 219 g/mol. The van der Waals surface area contributed by atoms with Gasteiger partial charge in [-0.1, -0.05) is 0 Å². The van der Waals surface area contributed by atoms with Gasteiger partial charge in [0.05, 0.1) is 0 Å². The Bertz CT molecular complexity index is 248. The van der Waals surface area contributed by atoms with Gasteiger partial charge in [0, 0.05) is 37.2 Å². The summed E-state index contributed by atoms with van der Waals surface area (Å²) in [5.74, 6) is 0. The summed E-state index contributed by atoms with van der Waals surface area (Å²) >= 11 is 0. The van der Waals surface area contributed by atoms with Crippen LogP contribution in [0.1, 0.15) is 0 Å². The summed E-state index contributed by atoms with van der Waals surface area (Å²) < 4.78 is 0. The first-order chi connectivity index (χ1) is 7.50. The number of hydrogen-bond donors (Lipinski definition) is 3. The summed E-state index contributed by atoms with van der Waals surface area (Å²) in [4.78, 5) is 8.58. The highest BCUT2D eigenvalue weighted by Crippen LogP contribution is 1.73. The van der Waals surface area contributed by atoms with Crippen molar-refractivity contribution in [1.29, 1.82) is 0 Å². The molecule has 0 unspecified atom stereocenters. The maximum atomic E-state index is 2.86. The molecule has 4 heteroatoms. The van der Waals surface area contributed by atoms with Crippen molar-refractivity contribution in [3.05, 3.63) is 73.6 Å². The molecule has 0 fully saturated rings. The van der Waals surface area contributed by atoms with Crippen LogP contribution >= 0.6 is 0 Å². The van der Waals surface area contributed by atoms with Gasteiger partial charge in [-0.2, -0.15) is 0 Å². The van der Waals surface area contributed by atoms with Crippen molar-refractivity contribution in [3.63, 3.8) is 0 Å². The van der Waals surface area contributed by atoms with Crippen LogP contribution < -0.4 is 0 Å². The number of H-pyrrole nitrogens is 3. The average Bonchev–Trinajstić information content (AvgIpc) is 3.09. The van der Waals surface area contributed by atoms with E-state index in [9.17, 15) is 0 Å². The molecule has 5 N–H and O–H groups in total. The smallest absolute Gasteiger partial charge is 0.000496 e. The van der Waals surface area contributed by atoms with Gasteiger partial charge in [0.2, 0.25) is 0 Å². The molecule has 0 atom stereocenters. The normalized spacial score (nSPS) is 7.50. The SMILES string of the molecule is O.c1cc[nH]c1.c1cc[nH]c1.c1cc[nH]c1. The zero-order valence-corrected chi connectivity index (χ0v) is 8.93. The van der Waals surface area contributed by atoms with Crippen LogP contribution in [0, 0.1) is 0 Å². The molecule has 0 bridgehead atoms. The zero-order valence-electron chi connectivity index (χ0n) is 8.93. The number of aromatic nitrogens is 3. The van der Waals surface area contributed by atoms with Gasteiger partial charge in [-0.15, -0.1) is 0 Å². The fourth-order valence-corrected chi connectivity index (χ4v) is 0.833. The van der Waals surface area contributed by atoms with Crippen LogP contribution in [0.15, 0.2) is 73.6 Å². The van der Waals surface area contributed by atoms with Crippen molar-refractivity contribution in [2.75, 3.05) is 0 Å². The lowest BCUT2D eigenvalue weighted by Gasteiger charge is -1.49. The third-order valence-corrected chi connectivity index (χ3v) is 1.49. The first-order valence-corrected chi connectivity index (χ1v) is 4.73. The molecule has 3 aromatic rings. The maximum Gasteiger partial charge on any atom is 0.000496 e. The number of aromatic amines is 3. The van der Waals surface area contributed by atoms with E-state index in [1.54, 1.807) is 0 Å². The van der Waals surface area contributed by atoms with Crippen molar-refractivity contribution >= 4 is 0 Å². The maximum absolute atomic E-state index is 2.86. The Morgan fingerprint density at radius 3 is 0.625 bits per heavy atom. The van der Waals surface area contributed by atoms with Crippen LogP contribution in [0.5, 0.6) is 0 Å². The molecule has 4 nitrogen and oxygen atoms in total. The van der Waals surface area contributed by atoms with Gasteiger partial charge in [0.15, 0.2) is 0 Å². The Labute approximate surface area is 94.7 Å². The zero-order chi connectivity index (χ0) is 10.6. The van der Waals surface area contributed by atoms with Crippen LogP contribution in [0.3, 0.4) is 0 Å². The van der Waals surface area contributed by atoms with Gasteiger partial charge in [-0.3, -0.25) is 0 Å². The van der Waals surface area contributed by atoms with Crippen LogP contribution in [0.2, 0.25) is 0 Å². The van der Waals surface area contributed by atoms with Crippen LogP contribution in [0.4, 0.5) is 0 Å². The summed E-state index contributed by atoms with van der Waals surface area (Å²) in [6, 6.07) is 11.7. The Hall–Kier alpha value is -2.20.